The monoisotopic (exact) mass is 1780 g/mol. The van der Waals surface area contributed by atoms with E-state index < -0.39 is 0 Å². The second kappa shape index (κ2) is 64.9. The maximum atomic E-state index is 7.61. The molecule has 2 aromatic carbocycles. The SMILES string of the molecule is C/C(N)=N/O.C=C1NCCN1C.CC(=N)N.CN=C(C)N.CN=C(N)c1ccccc1NC.CN=C1NCCN1.CN=C1NCCS1.CNc1ccccc1C(=N)N.CNc1ncc[nH]1.CNc1nccs1.CNn1ccnc1N.C[n+]1[nH]cc2c(N)ncnc21.Cc1ccc(C(=N)N)[nH]1.Cn1cccc1C(=N)N.Cn1ccnc1N.Nc1ncnc2nc[nH]c12. The largest absolute Gasteiger partial charge is 0.409 e. The number of oxime groups is 1. The molecule has 50 heteroatoms. The van der Waals surface area contributed by atoms with Gasteiger partial charge < -0.3 is 145 Å². The highest BCUT2D eigenvalue weighted by Crippen LogP contribution is 2.15. The Morgan fingerprint density at radius 1 is 0.595 bits per heavy atom. The molecule has 12 aromatic rings. The molecule has 0 spiro atoms. The van der Waals surface area contributed by atoms with E-state index in [-0.39, 0.29) is 29.2 Å². The molecule has 0 radical (unpaired) electrons. The number of thioether (sulfide) groups is 1. The minimum absolute atomic E-state index is 0.0862. The molecule has 3 saturated heterocycles. The van der Waals surface area contributed by atoms with Gasteiger partial charge in [0.25, 0.3) is 0 Å². The van der Waals surface area contributed by atoms with Gasteiger partial charge in [-0.1, -0.05) is 47.8 Å². The van der Waals surface area contributed by atoms with Crippen LogP contribution >= 0.6 is 23.1 Å². The molecular formula is C76H130N47OS2+. The zero-order chi connectivity index (χ0) is 94.9. The number of thiazole rings is 1. The first-order valence-corrected chi connectivity index (χ1v) is 39.6. The standard InChI is InChI=1S/C9H13N3.C8H11N3.C6H7N5.2C6H9N3.C5H5N5.C5H10N2.C4H8N4.C4H7N3.C4H9N3.C4H7N3.C4H8N2S.C4H6N2S.C3H8N2.C2H6N2O.C2H6N2/c1-11-8-6-4-3-5-7(8)9(10)12-2;1-11-7-5-3-2-4-6(7)8(9)10;1-11-6-4(2-10-11)5(7)8-3-9-6;1-9-4-2-3-5(9)6(7)8;1-4-2-3-5(9-4)6(7)8;6-4-3-5(9-1-7-3)10-2-8-4;1-5-6-3-4-7(5)2;1-6-8-3-2-7-4(8)5;1-7-3-2-6-4(7)5;4*1-5-4-6-2-3-7-4;1-3(4)5-2;1-2(3)4-5;1-2(3)4/h3-6,11H,1-2H3,(H2,10,12);2-5,11H,1H3,(H3,9,10);2-3H,1H3,(H2,7,8,9,10);2-4H,1H3,(H3,7,8);2-3,9H,1H3,(H3,7,8);1-2H,(H3,6,7,8,9,10);6H,1,3-4H2,2H3;2-3,6H,1H3,(H2,5,7);2-3H,1H3,(H2,5,6);2-3H2,1H3,(H2,5,6,7);2-3H,1H3,(H2,5,6,7);2-3H2,1H3,(H,5,6);2-3H,1H3,(H,5,6);1-2H3,(H2,4,5);5H,1H3,(H2,3,4);1H3,(H3,3,4)/p+1. The summed E-state index contributed by atoms with van der Waals surface area (Å²) in [6.07, 6.45) is 20.1. The highest BCUT2D eigenvalue weighted by Gasteiger charge is 2.12. The molecule has 0 bridgehead atoms. The van der Waals surface area contributed by atoms with Gasteiger partial charge in [0.2, 0.25) is 12.3 Å². The number of imidazole rings is 4. The molecule has 13 heterocycles. The molecule has 0 amide bonds. The number of aryl methyl sites for hydroxylation is 4. The van der Waals surface area contributed by atoms with Crippen LogP contribution in [0.5, 0.6) is 0 Å². The molecule has 3 aliphatic rings. The number of hydrogen-bond acceptors (Lipinski definition) is 32. The third kappa shape index (κ3) is 47.2. The fraction of sp³-hybridized carbons (Fsp3) is 0.303. The van der Waals surface area contributed by atoms with E-state index in [1.165, 1.54) is 38.6 Å². The van der Waals surface area contributed by atoms with Crippen molar-refractivity contribution in [1.82, 2.24) is 105 Å². The zero-order valence-corrected chi connectivity index (χ0v) is 76.1. The van der Waals surface area contributed by atoms with Crippen molar-refractivity contribution in [2.24, 2.45) is 86.4 Å². The number of aliphatic imine (C=N–C) groups is 4. The van der Waals surface area contributed by atoms with Gasteiger partial charge in [-0.2, -0.15) is 9.67 Å². The first-order chi connectivity index (χ1) is 60.1. The Hall–Kier alpha value is -15.9. The van der Waals surface area contributed by atoms with Gasteiger partial charge in [-0.15, -0.1) is 11.3 Å². The molecule has 0 atom stereocenters. The van der Waals surface area contributed by atoms with Crippen LogP contribution < -0.4 is 116 Å². The number of amidine groups is 8. The molecule has 10 aromatic heterocycles. The lowest BCUT2D eigenvalue weighted by atomic mass is 10.1. The van der Waals surface area contributed by atoms with Crippen LogP contribution in [0.4, 0.5) is 46.0 Å². The second-order valence-electron chi connectivity index (χ2n) is 24.6. The van der Waals surface area contributed by atoms with E-state index in [9.17, 15) is 0 Å². The number of likely N-dealkylation sites (N-methyl/N-ethyl adjacent to an activating group) is 1. The zero-order valence-electron chi connectivity index (χ0n) is 74.5. The minimum atomic E-state index is 0.0862. The quantitative estimate of drug-likeness (QED) is 0.0325. The average Bonchev–Trinajstić information content (AvgIpc) is 1.68. The number of anilines is 8. The predicted molar refractivity (Wildman–Crippen MR) is 520 cm³/mol. The number of nitrogen functional groups attached to an aromatic ring is 7. The fourth-order valence-corrected chi connectivity index (χ4v) is 9.77. The summed E-state index contributed by atoms with van der Waals surface area (Å²) in [6, 6.07) is 22.6. The van der Waals surface area contributed by atoms with Gasteiger partial charge in [-0.25, -0.2) is 44.7 Å². The number of nitrogens with one attached hydrogen (secondary N) is 17. The molecule has 0 aliphatic carbocycles. The van der Waals surface area contributed by atoms with Crippen molar-refractivity contribution in [3.63, 3.8) is 0 Å². The number of benzene rings is 2. The van der Waals surface area contributed by atoms with Gasteiger partial charge in [0.1, 0.15) is 59.3 Å². The summed E-state index contributed by atoms with van der Waals surface area (Å²) in [7, 11) is 23.6. The normalized spacial score (nSPS) is 11.7. The summed E-state index contributed by atoms with van der Waals surface area (Å²) in [6.45, 7) is 15.7. The summed E-state index contributed by atoms with van der Waals surface area (Å²) in [4.78, 5) is 60.8. The van der Waals surface area contributed by atoms with Crippen molar-refractivity contribution in [3.8, 4) is 0 Å². The number of aromatic nitrogens is 17. The van der Waals surface area contributed by atoms with Gasteiger partial charge in [0.05, 0.1) is 41.4 Å². The Balaban J connectivity index is 0.00000133. The number of hydrogen-bond donors (Lipinski definition) is 29. The number of rotatable bonds is 9. The smallest absolute Gasteiger partial charge is 0.355 e. The lowest BCUT2D eigenvalue weighted by Crippen LogP contribution is -2.30. The minimum Gasteiger partial charge on any atom is -0.409 e. The first-order valence-electron chi connectivity index (χ1n) is 37.8. The number of fused-ring (bicyclic) bond motifs is 2. The topological polar surface area (TPSA) is 773 Å². The van der Waals surface area contributed by atoms with Crippen LogP contribution in [-0.4, -0.2) is 250 Å². The van der Waals surface area contributed by atoms with Crippen molar-refractivity contribution >= 4 is 143 Å². The maximum absolute atomic E-state index is 7.61. The maximum Gasteiger partial charge on any atom is 0.355 e. The van der Waals surface area contributed by atoms with Crippen LogP contribution in [0.2, 0.25) is 0 Å². The van der Waals surface area contributed by atoms with E-state index >= 15 is 0 Å². The molecule has 126 heavy (non-hydrogen) atoms. The molecular weight excluding hydrogens is 1650 g/mol. The van der Waals surface area contributed by atoms with Gasteiger partial charge in [-0.3, -0.25) is 41.6 Å². The number of nitrogens with zero attached hydrogens (tertiary/aromatic N) is 19. The van der Waals surface area contributed by atoms with Crippen molar-refractivity contribution < 1.29 is 9.89 Å². The Morgan fingerprint density at radius 3 is 1.52 bits per heavy atom. The summed E-state index contributed by atoms with van der Waals surface area (Å²) >= 11 is 3.38. The third-order valence-electron chi connectivity index (χ3n) is 15.1. The molecule has 40 N–H and O–H groups in total. The molecule has 3 fully saturated rings. The lowest BCUT2D eigenvalue weighted by Gasteiger charge is -2.07. The molecule has 0 unspecified atom stereocenters. The van der Waals surface area contributed by atoms with E-state index in [1.54, 1.807) is 135 Å². The van der Waals surface area contributed by atoms with Crippen LogP contribution in [0.1, 0.15) is 49.0 Å². The molecule has 3 aliphatic heterocycles. The number of nitrogens with two attached hydrogens (primary N) is 11. The average molecular weight is 1780 g/mol. The van der Waals surface area contributed by atoms with Crippen LogP contribution in [0.15, 0.2) is 190 Å². The Kier molecular flexibility index (Phi) is 56.7. The van der Waals surface area contributed by atoms with Gasteiger partial charge >= 0.3 is 5.65 Å². The summed E-state index contributed by atoms with van der Waals surface area (Å²) in [5.74, 6) is 7.74. The summed E-state index contributed by atoms with van der Waals surface area (Å²) < 4.78 is 6.97. The van der Waals surface area contributed by atoms with Gasteiger partial charge in [0.15, 0.2) is 39.6 Å². The Labute approximate surface area is 742 Å². The first kappa shape index (κ1) is 110. The lowest BCUT2D eigenvalue weighted by molar-refractivity contribution is -0.704. The molecule has 0 saturated carbocycles. The van der Waals surface area contributed by atoms with Crippen LogP contribution in [0.3, 0.4) is 0 Å². The van der Waals surface area contributed by atoms with Gasteiger partial charge in [0, 0.05) is 206 Å². The molecule has 15 rings (SSSR count). The van der Waals surface area contributed by atoms with Crippen molar-refractivity contribution in [3.05, 3.63) is 194 Å². The number of H-pyrrole nitrogens is 4. The molecule has 686 valence electrons. The predicted octanol–water partition coefficient (Wildman–Crippen LogP) is 2.72. The van der Waals surface area contributed by atoms with E-state index in [0.29, 0.717) is 52.1 Å². The van der Waals surface area contributed by atoms with E-state index in [1.807, 2.05) is 146 Å². The van der Waals surface area contributed by atoms with Crippen molar-refractivity contribution in [2.45, 2.75) is 27.7 Å². The van der Waals surface area contributed by atoms with Crippen molar-refractivity contribution in [2.75, 3.05) is 159 Å². The summed E-state index contributed by atoms with van der Waals surface area (Å²) in [5, 5.41) is 69.6. The molecule has 48 nitrogen and oxygen atoms in total. The number of guanidine groups is 1. The van der Waals surface area contributed by atoms with Gasteiger partial charge in [-0.05, 0) is 81.2 Å². The van der Waals surface area contributed by atoms with Crippen molar-refractivity contribution in [1.29, 1.82) is 21.6 Å². The van der Waals surface area contributed by atoms with E-state index in [0.717, 1.165) is 106 Å². The highest BCUT2D eigenvalue weighted by atomic mass is 32.2. The Morgan fingerprint density at radius 2 is 1.20 bits per heavy atom. The summed E-state index contributed by atoms with van der Waals surface area (Å²) in [5.41, 5.74) is 68.6. The highest BCUT2D eigenvalue weighted by molar-refractivity contribution is 8.14. The number of para-hydroxylation sites is 2. The Bertz CT molecular complexity index is 5020. The number of aromatic amines is 4. The second-order valence-corrected chi connectivity index (χ2v) is 26.5. The fourth-order valence-electron chi connectivity index (χ4n) is 8.55. The van der Waals surface area contributed by atoms with E-state index in [2.05, 4.69) is 149 Å². The van der Waals surface area contributed by atoms with Crippen LogP contribution in [-0.2, 0) is 21.1 Å². The van der Waals surface area contributed by atoms with Crippen LogP contribution in [0.25, 0.3) is 22.2 Å². The van der Waals surface area contributed by atoms with E-state index in [4.69, 9.17) is 89.9 Å². The van der Waals surface area contributed by atoms with Crippen LogP contribution in [0, 0.1) is 28.6 Å². The third-order valence-corrected chi connectivity index (χ3v) is 16.9.